The van der Waals surface area contributed by atoms with Gasteiger partial charge in [0.2, 0.25) is 5.91 Å². The molecule has 1 aliphatic carbocycles. The molecule has 0 radical (unpaired) electrons. The van der Waals surface area contributed by atoms with Crippen molar-refractivity contribution in [3.8, 4) is 0 Å². The van der Waals surface area contributed by atoms with E-state index in [0.29, 0.717) is 13.0 Å². The third-order valence-electron chi connectivity index (χ3n) is 4.27. The lowest BCUT2D eigenvalue weighted by Gasteiger charge is -2.16. The van der Waals surface area contributed by atoms with Gasteiger partial charge in [-0.2, -0.15) is 5.10 Å². The summed E-state index contributed by atoms with van der Waals surface area (Å²) in [5.74, 6) is -0.174. The summed E-state index contributed by atoms with van der Waals surface area (Å²) >= 11 is 0. The molecule has 1 aromatic rings. The fourth-order valence-electron chi connectivity index (χ4n) is 2.83. The van der Waals surface area contributed by atoms with E-state index in [2.05, 4.69) is 15.5 Å². The normalized spacial score (nSPS) is 17.1. The zero-order valence-corrected chi connectivity index (χ0v) is 13.1. The van der Waals surface area contributed by atoms with Gasteiger partial charge in [0.05, 0.1) is 18.2 Å². The molecule has 1 atom stereocenters. The topological polar surface area (TPSA) is 84.1 Å². The van der Waals surface area contributed by atoms with E-state index in [-0.39, 0.29) is 17.8 Å². The van der Waals surface area contributed by atoms with E-state index in [1.54, 1.807) is 0 Å². The number of nitrogens with one attached hydrogen (secondary N) is 2. The lowest BCUT2D eigenvalue weighted by atomic mass is 9.95. The van der Waals surface area contributed by atoms with Crippen LogP contribution >= 0.6 is 0 Å². The molecule has 2 rings (SSSR count). The minimum atomic E-state index is -0.477. The third-order valence-corrected chi connectivity index (χ3v) is 4.27. The largest absolute Gasteiger partial charge is 0.469 e. The highest BCUT2D eigenvalue weighted by atomic mass is 16.5. The van der Waals surface area contributed by atoms with Crippen LogP contribution in [0.1, 0.15) is 49.1 Å². The number of hydrogen-bond acceptors (Lipinski definition) is 4. The Kier molecular flexibility index (Phi) is 4.34. The van der Waals surface area contributed by atoms with Crippen molar-refractivity contribution in [2.45, 2.75) is 46.0 Å². The number of H-pyrrole nitrogens is 1. The van der Waals surface area contributed by atoms with Gasteiger partial charge in [-0.3, -0.25) is 14.7 Å². The molecule has 1 aromatic heterocycles. The second-order valence-corrected chi connectivity index (χ2v) is 6.00. The maximum absolute atomic E-state index is 12.1. The Morgan fingerprint density at radius 1 is 1.43 bits per heavy atom. The van der Waals surface area contributed by atoms with Gasteiger partial charge in [-0.25, -0.2) is 0 Å². The molecular weight excluding hydrogens is 270 g/mol. The Morgan fingerprint density at radius 2 is 2.10 bits per heavy atom. The maximum Gasteiger partial charge on any atom is 0.313 e. The Balaban J connectivity index is 1.87. The van der Waals surface area contributed by atoms with Crippen LogP contribution in [-0.2, 0) is 14.3 Å². The van der Waals surface area contributed by atoms with Crippen LogP contribution in [0, 0.1) is 19.3 Å². The van der Waals surface area contributed by atoms with Crippen molar-refractivity contribution in [3.63, 3.8) is 0 Å². The van der Waals surface area contributed by atoms with Gasteiger partial charge < -0.3 is 10.1 Å². The average Bonchev–Trinajstić information content (AvgIpc) is 3.16. The molecular formula is C15H23N3O3. The minimum Gasteiger partial charge on any atom is -0.469 e. The highest BCUT2D eigenvalue weighted by Crippen LogP contribution is 2.46. The number of amides is 1. The standard InChI is InChI=1S/C15H23N3O3/c1-9(13-10(2)17-18-11(13)3)7-12(19)16-8-15(5-6-15)14(20)21-4/h9H,5-8H2,1-4H3,(H,16,19)(H,17,18). The van der Waals surface area contributed by atoms with Crippen LogP contribution in [-0.4, -0.2) is 35.7 Å². The van der Waals surface area contributed by atoms with E-state index in [9.17, 15) is 9.59 Å². The number of aromatic amines is 1. The van der Waals surface area contributed by atoms with E-state index in [0.717, 1.165) is 29.8 Å². The summed E-state index contributed by atoms with van der Waals surface area (Å²) in [6.07, 6.45) is 1.96. The Labute approximate surface area is 124 Å². The monoisotopic (exact) mass is 293 g/mol. The SMILES string of the molecule is COC(=O)C1(CNC(=O)CC(C)c2c(C)n[nH]c2C)CC1. The van der Waals surface area contributed by atoms with Crippen LogP contribution in [0.3, 0.4) is 0 Å². The quantitative estimate of drug-likeness (QED) is 0.780. The number of methoxy groups -OCH3 is 1. The summed E-state index contributed by atoms with van der Waals surface area (Å²) in [5, 5.41) is 9.96. The van der Waals surface area contributed by atoms with Crippen LogP contribution < -0.4 is 5.32 Å². The number of esters is 1. The zero-order valence-electron chi connectivity index (χ0n) is 13.1. The first kappa shape index (κ1) is 15.5. The van der Waals surface area contributed by atoms with Crippen molar-refractivity contribution < 1.29 is 14.3 Å². The van der Waals surface area contributed by atoms with Crippen LogP contribution in [0.2, 0.25) is 0 Å². The fraction of sp³-hybridized carbons (Fsp3) is 0.667. The number of hydrogen-bond donors (Lipinski definition) is 2. The number of rotatable bonds is 6. The van der Waals surface area contributed by atoms with Crippen LogP contribution in [0.25, 0.3) is 0 Å². The molecule has 0 aliphatic heterocycles. The van der Waals surface area contributed by atoms with Gasteiger partial charge >= 0.3 is 5.97 Å². The van der Waals surface area contributed by atoms with Crippen LogP contribution in [0.5, 0.6) is 0 Å². The molecule has 1 heterocycles. The maximum atomic E-state index is 12.1. The van der Waals surface area contributed by atoms with Crippen molar-refractivity contribution in [1.82, 2.24) is 15.5 Å². The van der Waals surface area contributed by atoms with Gasteiger partial charge in [0.1, 0.15) is 0 Å². The van der Waals surface area contributed by atoms with Gasteiger partial charge in [-0.15, -0.1) is 0 Å². The van der Waals surface area contributed by atoms with Crippen LogP contribution in [0.15, 0.2) is 0 Å². The van der Waals surface area contributed by atoms with Crippen molar-refractivity contribution in [2.75, 3.05) is 13.7 Å². The average molecular weight is 293 g/mol. The van der Waals surface area contributed by atoms with E-state index < -0.39 is 5.41 Å². The molecule has 6 heteroatoms. The van der Waals surface area contributed by atoms with E-state index in [1.165, 1.54) is 7.11 Å². The predicted molar refractivity (Wildman–Crippen MR) is 77.8 cm³/mol. The molecule has 1 amide bonds. The number of aromatic nitrogens is 2. The summed E-state index contributed by atoms with van der Waals surface area (Å²) in [6, 6.07) is 0. The number of carbonyl (C=O) groups is 2. The van der Waals surface area contributed by atoms with Crippen molar-refractivity contribution in [2.24, 2.45) is 5.41 Å². The molecule has 1 fully saturated rings. The third kappa shape index (κ3) is 3.25. The molecule has 1 unspecified atom stereocenters. The van der Waals surface area contributed by atoms with E-state index in [1.807, 2.05) is 20.8 Å². The Morgan fingerprint density at radius 3 is 2.57 bits per heavy atom. The van der Waals surface area contributed by atoms with Gasteiger partial charge in [0.25, 0.3) is 0 Å². The first-order valence-electron chi connectivity index (χ1n) is 7.26. The first-order chi connectivity index (χ1) is 9.89. The van der Waals surface area contributed by atoms with E-state index in [4.69, 9.17) is 4.74 Å². The molecule has 1 aliphatic rings. The number of nitrogens with zero attached hydrogens (tertiary/aromatic N) is 1. The van der Waals surface area contributed by atoms with Gasteiger partial charge in [-0.1, -0.05) is 6.92 Å². The number of carbonyl (C=O) groups excluding carboxylic acids is 2. The van der Waals surface area contributed by atoms with Crippen molar-refractivity contribution in [1.29, 1.82) is 0 Å². The molecule has 116 valence electrons. The van der Waals surface area contributed by atoms with Gasteiger partial charge in [-0.05, 0) is 38.2 Å². The van der Waals surface area contributed by atoms with Gasteiger partial charge in [0.15, 0.2) is 0 Å². The smallest absolute Gasteiger partial charge is 0.313 e. The van der Waals surface area contributed by atoms with Gasteiger partial charge in [0, 0.05) is 18.7 Å². The molecule has 2 N–H and O–H groups in total. The molecule has 1 saturated carbocycles. The zero-order chi connectivity index (χ0) is 15.6. The molecule has 6 nitrogen and oxygen atoms in total. The molecule has 0 bridgehead atoms. The summed E-state index contributed by atoms with van der Waals surface area (Å²) in [4.78, 5) is 23.7. The highest BCUT2D eigenvalue weighted by Gasteiger charge is 2.51. The van der Waals surface area contributed by atoms with Crippen LogP contribution in [0.4, 0.5) is 0 Å². The molecule has 0 saturated heterocycles. The summed E-state index contributed by atoms with van der Waals surface area (Å²) in [5.41, 5.74) is 2.55. The fourth-order valence-corrected chi connectivity index (χ4v) is 2.83. The first-order valence-corrected chi connectivity index (χ1v) is 7.26. The Hall–Kier alpha value is -1.85. The number of aryl methyl sites for hydroxylation is 2. The lowest BCUT2D eigenvalue weighted by Crippen LogP contribution is -2.35. The summed E-state index contributed by atoms with van der Waals surface area (Å²) < 4.78 is 4.78. The summed E-state index contributed by atoms with van der Waals surface area (Å²) in [6.45, 7) is 6.27. The van der Waals surface area contributed by atoms with Crippen molar-refractivity contribution in [3.05, 3.63) is 17.0 Å². The number of ether oxygens (including phenoxy) is 1. The highest BCUT2D eigenvalue weighted by molar-refractivity contribution is 5.82. The predicted octanol–water partition coefficient (Wildman–Crippen LogP) is 1.59. The Bertz CT molecular complexity index is 527. The second-order valence-electron chi connectivity index (χ2n) is 6.00. The molecule has 0 spiro atoms. The minimum absolute atomic E-state index is 0.0438. The molecule has 21 heavy (non-hydrogen) atoms. The molecule has 0 aromatic carbocycles. The lowest BCUT2D eigenvalue weighted by molar-refractivity contribution is -0.147. The van der Waals surface area contributed by atoms with Crippen molar-refractivity contribution >= 4 is 11.9 Å². The second kappa shape index (κ2) is 5.87. The van der Waals surface area contributed by atoms with E-state index >= 15 is 0 Å². The summed E-state index contributed by atoms with van der Waals surface area (Å²) in [7, 11) is 1.39.